The predicted octanol–water partition coefficient (Wildman–Crippen LogP) is 4.53. The maximum Gasteiger partial charge on any atom is 0.241 e. The Kier molecular flexibility index (Phi) is 5.29. The molecule has 4 rings (SSSR count). The third-order valence-electron chi connectivity index (χ3n) is 5.04. The van der Waals surface area contributed by atoms with Crippen LogP contribution in [0.3, 0.4) is 0 Å². The Balaban J connectivity index is 1.74. The van der Waals surface area contributed by atoms with Crippen molar-refractivity contribution < 1.29 is 13.5 Å². The fourth-order valence-electron chi connectivity index (χ4n) is 3.28. The van der Waals surface area contributed by atoms with Gasteiger partial charge in [0, 0.05) is 12.8 Å². The summed E-state index contributed by atoms with van der Waals surface area (Å²) < 4.78 is 35.6. The van der Waals surface area contributed by atoms with Crippen LogP contribution in [-0.4, -0.2) is 45.0 Å². The van der Waals surface area contributed by atoms with Crippen LogP contribution in [0.5, 0.6) is 0 Å². The van der Waals surface area contributed by atoms with Crippen molar-refractivity contribution in [2.45, 2.75) is 44.8 Å². The maximum absolute atomic E-state index is 14.8. The van der Waals surface area contributed by atoms with Crippen LogP contribution in [-0.2, 0) is 10.2 Å². The van der Waals surface area contributed by atoms with Gasteiger partial charge in [-0.3, -0.25) is 4.98 Å². The van der Waals surface area contributed by atoms with Gasteiger partial charge in [-0.05, 0) is 39.4 Å². The highest BCUT2D eigenvalue weighted by molar-refractivity contribution is 9.10. The minimum absolute atomic E-state index is 0.0406. The number of halogens is 3. The molecule has 1 aliphatic rings. The van der Waals surface area contributed by atoms with Crippen LogP contribution in [0, 0.1) is 5.82 Å². The summed E-state index contributed by atoms with van der Waals surface area (Å²) in [6, 6.07) is 3.37. The number of hydrogen-bond donors (Lipinski definition) is 1. The van der Waals surface area contributed by atoms with Crippen molar-refractivity contribution in [2.24, 2.45) is 0 Å². The smallest absolute Gasteiger partial charge is 0.241 e. The Morgan fingerprint density at radius 3 is 2.69 bits per heavy atom. The van der Waals surface area contributed by atoms with E-state index in [9.17, 15) is 8.78 Å². The molecule has 6 nitrogen and oxygen atoms in total. The number of alkyl halides is 1. The average Bonchev–Trinajstić information content (AvgIpc) is 2.93. The summed E-state index contributed by atoms with van der Waals surface area (Å²) in [5.41, 5.74) is 2.29. The lowest BCUT2D eigenvalue weighted by Crippen LogP contribution is -2.39. The number of anilines is 1. The first-order valence-corrected chi connectivity index (χ1v) is 10.2. The molecule has 0 amide bonds. The largest absolute Gasteiger partial charge is 0.378 e. The number of aromatic nitrogens is 4. The highest BCUT2D eigenvalue weighted by Crippen LogP contribution is 2.34. The van der Waals surface area contributed by atoms with Gasteiger partial charge >= 0.3 is 0 Å². The van der Waals surface area contributed by atoms with Crippen LogP contribution in [0.1, 0.15) is 32.8 Å². The molecule has 0 radical (unpaired) electrons. The van der Waals surface area contributed by atoms with Gasteiger partial charge in [-0.1, -0.05) is 26.8 Å². The lowest BCUT2D eigenvalue weighted by Gasteiger charge is -2.26. The molecule has 0 aromatic carbocycles. The van der Waals surface area contributed by atoms with Crippen molar-refractivity contribution in [1.29, 1.82) is 0 Å². The van der Waals surface area contributed by atoms with E-state index in [1.54, 1.807) is 6.20 Å². The summed E-state index contributed by atoms with van der Waals surface area (Å²) >= 11 is 3.32. The fourth-order valence-corrected chi connectivity index (χ4v) is 3.85. The molecule has 9 heteroatoms. The van der Waals surface area contributed by atoms with Gasteiger partial charge in [-0.2, -0.15) is 0 Å². The molecule has 0 saturated carbocycles. The Labute approximate surface area is 175 Å². The van der Waals surface area contributed by atoms with Gasteiger partial charge < -0.3 is 10.1 Å². The van der Waals surface area contributed by atoms with E-state index in [1.165, 1.54) is 10.7 Å². The number of fused-ring (bicyclic) bond motifs is 1. The summed E-state index contributed by atoms with van der Waals surface area (Å²) in [6.45, 7) is 6.82. The molecule has 0 aliphatic carbocycles. The first-order chi connectivity index (χ1) is 13.8. The van der Waals surface area contributed by atoms with E-state index in [-0.39, 0.29) is 28.0 Å². The molecule has 1 saturated heterocycles. The molecule has 0 bridgehead atoms. The SMILES string of the molecule is CC(C)(C)c1ccc(-c2c(Br)c(F)c3cnc(N[C@@H]4CCOC[C@H]4F)nn23)nc1. The number of rotatable bonds is 3. The zero-order chi connectivity index (χ0) is 20.8. The number of nitrogens with one attached hydrogen (secondary N) is 1. The quantitative estimate of drug-likeness (QED) is 0.615. The van der Waals surface area contributed by atoms with Gasteiger partial charge in [-0.25, -0.2) is 18.3 Å². The molecule has 1 aliphatic heterocycles. The zero-order valence-electron chi connectivity index (χ0n) is 16.4. The number of hydrogen-bond acceptors (Lipinski definition) is 5. The Hall–Kier alpha value is -2.13. The van der Waals surface area contributed by atoms with Crippen molar-refractivity contribution in [3.63, 3.8) is 0 Å². The van der Waals surface area contributed by atoms with Crippen LogP contribution < -0.4 is 5.32 Å². The van der Waals surface area contributed by atoms with Crippen molar-refractivity contribution >= 4 is 27.4 Å². The second-order valence-corrected chi connectivity index (χ2v) is 8.96. The van der Waals surface area contributed by atoms with E-state index in [0.29, 0.717) is 24.4 Å². The van der Waals surface area contributed by atoms with Crippen molar-refractivity contribution in [3.8, 4) is 11.4 Å². The summed E-state index contributed by atoms with van der Waals surface area (Å²) in [5.74, 6) is -0.246. The Bertz CT molecular complexity index is 1030. The van der Waals surface area contributed by atoms with Gasteiger partial charge in [0.15, 0.2) is 5.82 Å². The third kappa shape index (κ3) is 3.85. The first-order valence-electron chi connectivity index (χ1n) is 9.43. The van der Waals surface area contributed by atoms with E-state index in [0.717, 1.165) is 5.56 Å². The second-order valence-electron chi connectivity index (χ2n) is 8.17. The topological polar surface area (TPSA) is 64.3 Å². The maximum atomic E-state index is 14.8. The molecule has 1 N–H and O–H groups in total. The predicted molar refractivity (Wildman–Crippen MR) is 110 cm³/mol. The molecule has 2 atom stereocenters. The van der Waals surface area contributed by atoms with Gasteiger partial charge in [0.25, 0.3) is 0 Å². The molecular formula is C20H22BrF2N5O. The Morgan fingerprint density at radius 1 is 1.24 bits per heavy atom. The molecule has 4 heterocycles. The minimum atomic E-state index is -1.15. The second kappa shape index (κ2) is 7.60. The van der Waals surface area contributed by atoms with Gasteiger partial charge in [0.1, 0.15) is 17.4 Å². The number of nitrogens with zero attached hydrogens (tertiary/aromatic N) is 4. The monoisotopic (exact) mass is 465 g/mol. The highest BCUT2D eigenvalue weighted by atomic mass is 79.9. The van der Waals surface area contributed by atoms with Crippen LogP contribution >= 0.6 is 15.9 Å². The highest BCUT2D eigenvalue weighted by Gasteiger charge is 2.27. The lowest BCUT2D eigenvalue weighted by molar-refractivity contribution is 0.0284. The van der Waals surface area contributed by atoms with Crippen LogP contribution in [0.25, 0.3) is 16.9 Å². The van der Waals surface area contributed by atoms with E-state index in [1.807, 2.05) is 12.1 Å². The van der Waals surface area contributed by atoms with Gasteiger partial charge in [0.05, 0.1) is 29.0 Å². The summed E-state index contributed by atoms with van der Waals surface area (Å²) in [6.07, 6.45) is 2.53. The molecule has 29 heavy (non-hydrogen) atoms. The van der Waals surface area contributed by atoms with E-state index >= 15 is 0 Å². The van der Waals surface area contributed by atoms with E-state index in [2.05, 4.69) is 57.1 Å². The molecule has 1 fully saturated rings. The number of pyridine rings is 1. The molecule has 0 spiro atoms. The van der Waals surface area contributed by atoms with Crippen LogP contribution in [0.2, 0.25) is 0 Å². The third-order valence-corrected chi connectivity index (χ3v) is 5.77. The van der Waals surface area contributed by atoms with E-state index in [4.69, 9.17) is 4.74 Å². The lowest BCUT2D eigenvalue weighted by atomic mass is 9.88. The van der Waals surface area contributed by atoms with Crippen LogP contribution in [0.15, 0.2) is 29.0 Å². The summed E-state index contributed by atoms with van der Waals surface area (Å²) in [4.78, 5) is 8.68. The van der Waals surface area contributed by atoms with E-state index < -0.39 is 18.0 Å². The number of ether oxygens (including phenoxy) is 1. The van der Waals surface area contributed by atoms with Gasteiger partial charge in [-0.15, -0.1) is 5.10 Å². The standard InChI is InChI=1S/C20H22BrF2N5O/c1-20(2,3)11-4-5-14(24-8-11)18-16(21)17(23)15-9-25-19(27-28(15)18)26-13-6-7-29-10-12(13)22/h4-5,8-9,12-13H,6-7,10H2,1-3H3,(H,26,27)/t12-,13-/m1/s1. The van der Waals surface area contributed by atoms with Crippen LogP contribution in [0.4, 0.5) is 14.7 Å². The fraction of sp³-hybridized carbons (Fsp3) is 0.450. The first kappa shape index (κ1) is 20.2. The minimum Gasteiger partial charge on any atom is -0.378 e. The summed E-state index contributed by atoms with van der Waals surface area (Å²) in [7, 11) is 0. The normalized spacial score (nSPS) is 20.2. The molecule has 3 aromatic rings. The molecule has 154 valence electrons. The van der Waals surface area contributed by atoms with Crippen molar-refractivity contribution in [3.05, 3.63) is 40.4 Å². The molecular weight excluding hydrogens is 444 g/mol. The molecule has 3 aromatic heterocycles. The van der Waals surface area contributed by atoms with Crippen molar-refractivity contribution in [2.75, 3.05) is 18.5 Å². The summed E-state index contributed by atoms with van der Waals surface area (Å²) in [5, 5.41) is 7.41. The van der Waals surface area contributed by atoms with Crippen molar-refractivity contribution in [1.82, 2.24) is 19.6 Å². The Morgan fingerprint density at radius 2 is 2.03 bits per heavy atom. The zero-order valence-corrected chi connectivity index (χ0v) is 18.0. The average molecular weight is 466 g/mol. The molecule has 0 unspecified atom stereocenters. The van der Waals surface area contributed by atoms with Gasteiger partial charge in [0.2, 0.25) is 5.95 Å².